The molecule has 1 aliphatic rings. The molecule has 0 fully saturated rings. The van der Waals surface area contributed by atoms with Crippen LogP contribution < -0.4 is 0 Å². The Hall–Kier alpha value is -0.110. The smallest absolute Gasteiger partial charge is 0.162 e. The van der Waals surface area contributed by atoms with Gasteiger partial charge in [0.15, 0.2) is 5.78 Å². The number of Topliss-reactive ketones (excluding diaryl/α,β-unsaturated/α-hetero) is 1. The van der Waals surface area contributed by atoms with Gasteiger partial charge in [-0.05, 0) is 25.7 Å². The highest BCUT2D eigenvalue weighted by Crippen LogP contribution is 2.30. The third-order valence-electron chi connectivity index (χ3n) is 2.22. The van der Waals surface area contributed by atoms with Crippen molar-refractivity contribution in [2.75, 3.05) is 0 Å². The van der Waals surface area contributed by atoms with Gasteiger partial charge in [-0.1, -0.05) is 29.8 Å². The Bertz CT molecular complexity index is 216. The largest absolute Gasteiger partial charge is 0.294 e. The maximum atomic E-state index is 11.6. The van der Waals surface area contributed by atoms with Crippen molar-refractivity contribution in [3.8, 4) is 0 Å². The lowest BCUT2D eigenvalue weighted by Gasteiger charge is -2.16. The quantitative estimate of drug-likeness (QED) is 0.711. The standard InChI is InChI=1S/C10H15BrO/c1-7(2)10(12)8-5-3-4-6-9(8)11/h7H,3-6H2,1-2H3. The summed E-state index contributed by atoms with van der Waals surface area (Å²) in [5.41, 5.74) is 1.04. The van der Waals surface area contributed by atoms with Crippen LogP contribution in [0.4, 0.5) is 0 Å². The average Bonchev–Trinajstić information content (AvgIpc) is 2.04. The van der Waals surface area contributed by atoms with Crippen LogP contribution in [0, 0.1) is 5.92 Å². The van der Waals surface area contributed by atoms with Gasteiger partial charge in [0.05, 0.1) is 0 Å². The molecule has 0 aliphatic heterocycles. The molecular weight excluding hydrogens is 216 g/mol. The number of halogens is 1. The van der Waals surface area contributed by atoms with E-state index in [0.29, 0.717) is 5.78 Å². The van der Waals surface area contributed by atoms with Gasteiger partial charge in [-0.15, -0.1) is 0 Å². The lowest BCUT2D eigenvalue weighted by Crippen LogP contribution is -2.13. The minimum absolute atomic E-state index is 0.144. The molecule has 0 N–H and O–H groups in total. The van der Waals surface area contributed by atoms with E-state index in [1.165, 1.54) is 12.8 Å². The average molecular weight is 231 g/mol. The molecule has 12 heavy (non-hydrogen) atoms. The zero-order valence-corrected chi connectivity index (χ0v) is 9.28. The number of allylic oxidation sites excluding steroid dienone is 2. The first-order valence-corrected chi connectivity index (χ1v) is 5.34. The first kappa shape index (κ1) is 9.97. The maximum absolute atomic E-state index is 11.6. The monoisotopic (exact) mass is 230 g/mol. The second-order valence-electron chi connectivity index (χ2n) is 3.61. The van der Waals surface area contributed by atoms with E-state index < -0.39 is 0 Å². The van der Waals surface area contributed by atoms with Crippen molar-refractivity contribution in [2.24, 2.45) is 5.92 Å². The van der Waals surface area contributed by atoms with Crippen molar-refractivity contribution in [1.29, 1.82) is 0 Å². The van der Waals surface area contributed by atoms with Crippen molar-refractivity contribution < 1.29 is 4.79 Å². The molecular formula is C10H15BrO. The van der Waals surface area contributed by atoms with Gasteiger partial charge in [-0.25, -0.2) is 0 Å². The van der Waals surface area contributed by atoms with Gasteiger partial charge in [0.25, 0.3) is 0 Å². The van der Waals surface area contributed by atoms with Gasteiger partial charge >= 0.3 is 0 Å². The molecule has 0 unspecified atom stereocenters. The molecule has 1 rings (SSSR count). The van der Waals surface area contributed by atoms with Gasteiger partial charge in [-0.3, -0.25) is 4.79 Å². The lowest BCUT2D eigenvalue weighted by atomic mass is 9.91. The van der Waals surface area contributed by atoms with Gasteiger partial charge in [-0.2, -0.15) is 0 Å². The summed E-state index contributed by atoms with van der Waals surface area (Å²) < 4.78 is 1.15. The van der Waals surface area contributed by atoms with Crippen LogP contribution in [0.2, 0.25) is 0 Å². The van der Waals surface area contributed by atoms with Crippen molar-refractivity contribution in [1.82, 2.24) is 0 Å². The summed E-state index contributed by atoms with van der Waals surface area (Å²) in [4.78, 5) is 11.6. The van der Waals surface area contributed by atoms with Crippen LogP contribution in [0.3, 0.4) is 0 Å². The fourth-order valence-corrected chi connectivity index (χ4v) is 2.15. The zero-order valence-electron chi connectivity index (χ0n) is 7.69. The summed E-state index contributed by atoms with van der Waals surface area (Å²) in [5.74, 6) is 0.465. The summed E-state index contributed by atoms with van der Waals surface area (Å²) in [7, 11) is 0. The van der Waals surface area contributed by atoms with E-state index in [0.717, 1.165) is 22.9 Å². The van der Waals surface area contributed by atoms with Gasteiger partial charge in [0.2, 0.25) is 0 Å². The molecule has 1 nitrogen and oxygen atoms in total. The van der Waals surface area contributed by atoms with E-state index in [4.69, 9.17) is 0 Å². The van der Waals surface area contributed by atoms with E-state index in [1.54, 1.807) is 0 Å². The van der Waals surface area contributed by atoms with E-state index in [-0.39, 0.29) is 5.92 Å². The second-order valence-corrected chi connectivity index (χ2v) is 4.57. The number of ketones is 1. The summed E-state index contributed by atoms with van der Waals surface area (Å²) in [6.45, 7) is 3.93. The van der Waals surface area contributed by atoms with Crippen LogP contribution in [0.25, 0.3) is 0 Å². The van der Waals surface area contributed by atoms with E-state index in [9.17, 15) is 4.79 Å². The summed E-state index contributed by atoms with van der Waals surface area (Å²) >= 11 is 3.48. The molecule has 2 heteroatoms. The summed E-state index contributed by atoms with van der Waals surface area (Å²) in [5, 5.41) is 0. The Morgan fingerprint density at radius 1 is 1.33 bits per heavy atom. The van der Waals surface area contributed by atoms with Crippen LogP contribution in [0.1, 0.15) is 39.5 Å². The zero-order chi connectivity index (χ0) is 9.14. The summed E-state index contributed by atoms with van der Waals surface area (Å²) in [6, 6.07) is 0. The van der Waals surface area contributed by atoms with Crippen LogP contribution in [-0.4, -0.2) is 5.78 Å². The third-order valence-corrected chi connectivity index (χ3v) is 3.10. The molecule has 0 atom stereocenters. The Kier molecular flexibility index (Phi) is 3.51. The second kappa shape index (κ2) is 4.22. The maximum Gasteiger partial charge on any atom is 0.162 e. The van der Waals surface area contributed by atoms with Crippen LogP contribution in [0.5, 0.6) is 0 Å². The molecule has 68 valence electrons. The molecule has 0 spiro atoms. The fraction of sp³-hybridized carbons (Fsp3) is 0.700. The van der Waals surface area contributed by atoms with Crippen molar-refractivity contribution in [3.05, 3.63) is 10.1 Å². The Labute approximate surface area is 82.4 Å². The highest BCUT2D eigenvalue weighted by atomic mass is 79.9. The van der Waals surface area contributed by atoms with E-state index in [2.05, 4.69) is 15.9 Å². The third kappa shape index (κ3) is 2.19. The number of carbonyl (C=O) groups is 1. The summed E-state index contributed by atoms with van der Waals surface area (Å²) in [6.07, 6.45) is 4.41. The number of rotatable bonds is 2. The molecule has 0 amide bonds. The van der Waals surface area contributed by atoms with Crippen molar-refractivity contribution in [3.63, 3.8) is 0 Å². The van der Waals surface area contributed by atoms with Gasteiger partial charge in [0, 0.05) is 16.0 Å². The molecule has 1 aliphatic carbocycles. The van der Waals surface area contributed by atoms with E-state index in [1.807, 2.05) is 13.8 Å². The molecule has 0 bridgehead atoms. The van der Waals surface area contributed by atoms with Gasteiger partial charge in [0.1, 0.15) is 0 Å². The number of carbonyl (C=O) groups excluding carboxylic acids is 1. The SMILES string of the molecule is CC(C)C(=O)C1=C(Br)CCCC1. The topological polar surface area (TPSA) is 17.1 Å². The van der Waals surface area contributed by atoms with Crippen LogP contribution >= 0.6 is 15.9 Å². The molecule has 0 saturated carbocycles. The van der Waals surface area contributed by atoms with Crippen molar-refractivity contribution >= 4 is 21.7 Å². The van der Waals surface area contributed by atoms with Crippen molar-refractivity contribution in [2.45, 2.75) is 39.5 Å². The highest BCUT2D eigenvalue weighted by molar-refractivity contribution is 9.11. The first-order valence-electron chi connectivity index (χ1n) is 4.54. The molecule has 0 saturated heterocycles. The molecule has 0 aromatic carbocycles. The Morgan fingerprint density at radius 2 is 1.92 bits per heavy atom. The molecule has 0 aromatic rings. The minimum Gasteiger partial charge on any atom is -0.294 e. The van der Waals surface area contributed by atoms with Gasteiger partial charge < -0.3 is 0 Å². The highest BCUT2D eigenvalue weighted by Gasteiger charge is 2.19. The minimum atomic E-state index is 0.144. The van der Waals surface area contributed by atoms with E-state index >= 15 is 0 Å². The Morgan fingerprint density at radius 3 is 2.42 bits per heavy atom. The van der Waals surface area contributed by atoms with Crippen LogP contribution in [0.15, 0.2) is 10.1 Å². The van der Waals surface area contributed by atoms with Crippen LogP contribution in [-0.2, 0) is 4.79 Å². The predicted molar refractivity (Wildman–Crippen MR) is 54.3 cm³/mol. The number of hydrogen-bond acceptors (Lipinski definition) is 1. The Balaban J connectivity index is 2.78. The molecule has 0 aromatic heterocycles. The first-order chi connectivity index (χ1) is 5.63. The predicted octanol–water partition coefficient (Wildman–Crippen LogP) is 3.43. The number of hydrogen-bond donors (Lipinski definition) is 0. The normalized spacial score (nSPS) is 18.7. The lowest BCUT2D eigenvalue weighted by molar-refractivity contribution is -0.118. The molecule has 0 radical (unpaired) electrons. The molecule has 0 heterocycles. The fourth-order valence-electron chi connectivity index (χ4n) is 1.47.